The first-order valence-electron chi connectivity index (χ1n) is 30.6. The minimum absolute atomic E-state index is 0.0205. The van der Waals surface area contributed by atoms with Gasteiger partial charge >= 0.3 is 23.9 Å². The number of hydrogen-bond acceptors (Lipinski definition) is 12. The lowest BCUT2D eigenvalue weighted by atomic mass is 10.0. The third kappa shape index (κ3) is 18.2. The van der Waals surface area contributed by atoms with Crippen LogP contribution in [0.4, 0.5) is 9.59 Å². The molecule has 0 aromatic heterocycles. The van der Waals surface area contributed by atoms with Crippen molar-refractivity contribution in [2.75, 3.05) is 14.2 Å². The second-order valence-corrected chi connectivity index (χ2v) is 24.2. The fourth-order valence-corrected chi connectivity index (χ4v) is 10.8. The Kier molecular flexibility index (Phi) is 23.5. The van der Waals surface area contributed by atoms with Crippen LogP contribution in [0.1, 0.15) is 100 Å². The summed E-state index contributed by atoms with van der Waals surface area (Å²) in [5, 5.41) is 2.49. The maximum absolute atomic E-state index is 16.6. The van der Waals surface area contributed by atoms with E-state index in [0.717, 1.165) is 39.3 Å². The molecular weight excluding hydrogens is 1270 g/mol. The lowest BCUT2D eigenvalue weighted by Gasteiger charge is -2.41. The quantitative estimate of drug-likeness (QED) is 0.0366. The zero-order valence-electron chi connectivity index (χ0n) is 53.8. The summed E-state index contributed by atoms with van der Waals surface area (Å²) in [6.07, 6.45) is -2.20. The van der Waals surface area contributed by atoms with E-state index in [0.29, 0.717) is 39.0 Å². The maximum Gasteiger partial charge on any atom is 0.567 e. The number of hydrazine groups is 1. The van der Waals surface area contributed by atoms with Crippen LogP contribution in [0.2, 0.25) is 15.1 Å². The van der Waals surface area contributed by atoms with Gasteiger partial charge in [0.05, 0.1) is 54.1 Å². The number of imide groups is 1. The summed E-state index contributed by atoms with van der Waals surface area (Å²) in [6.45, 7) is 10.00. The van der Waals surface area contributed by atoms with Crippen molar-refractivity contribution in [3.63, 3.8) is 0 Å². The molecule has 490 valence electrons. The predicted molar refractivity (Wildman–Crippen MR) is 365 cm³/mol. The van der Waals surface area contributed by atoms with E-state index in [2.05, 4.69) is 5.43 Å². The number of quaternary nitrogens is 1. The Labute approximate surface area is 568 Å². The number of ether oxygens (including phenoxy) is 6. The van der Waals surface area contributed by atoms with E-state index in [1.165, 1.54) is 61.7 Å². The van der Waals surface area contributed by atoms with Crippen LogP contribution >= 0.6 is 34.8 Å². The van der Waals surface area contributed by atoms with E-state index < -0.39 is 47.5 Å². The van der Waals surface area contributed by atoms with Crippen LogP contribution in [0.25, 0.3) is 11.1 Å². The molecule has 0 saturated carbocycles. The van der Waals surface area contributed by atoms with Crippen LogP contribution in [0.3, 0.4) is 0 Å². The molecule has 9 aromatic rings. The molecule has 0 radical (unpaired) electrons. The van der Waals surface area contributed by atoms with Crippen molar-refractivity contribution in [1.82, 2.24) is 20.5 Å². The second kappa shape index (κ2) is 32.2. The van der Waals surface area contributed by atoms with Crippen molar-refractivity contribution in [2.24, 2.45) is 0 Å². The number of nitrogens with zero attached hydrogens (tertiary/aromatic N) is 4. The van der Waals surface area contributed by atoms with E-state index in [9.17, 15) is 4.79 Å². The molecule has 0 aliphatic carbocycles. The Morgan fingerprint density at radius 1 is 0.453 bits per heavy atom. The summed E-state index contributed by atoms with van der Waals surface area (Å²) in [5.41, 5.74) is 7.21. The first-order chi connectivity index (χ1) is 45.7. The van der Waals surface area contributed by atoms with Crippen LogP contribution in [0.5, 0.6) is 34.5 Å². The van der Waals surface area contributed by atoms with Gasteiger partial charge in [-0.05, 0) is 154 Å². The second-order valence-electron chi connectivity index (χ2n) is 23.0. The Balaban J connectivity index is 1.20. The molecule has 0 aliphatic heterocycles. The number of amides is 6. The molecule has 0 fully saturated rings. The van der Waals surface area contributed by atoms with Gasteiger partial charge in [0.25, 0.3) is 5.91 Å². The molecule has 17 nitrogen and oxygen atoms in total. The highest BCUT2D eigenvalue weighted by Crippen LogP contribution is 2.38. The molecule has 20 heteroatoms. The molecule has 95 heavy (non-hydrogen) atoms. The van der Waals surface area contributed by atoms with Crippen molar-refractivity contribution in [1.29, 1.82) is 0 Å². The number of carbonyl (C=O) groups is 5. The van der Waals surface area contributed by atoms with E-state index in [-0.39, 0.29) is 87.1 Å². The van der Waals surface area contributed by atoms with Gasteiger partial charge in [0.1, 0.15) is 49.3 Å². The van der Waals surface area contributed by atoms with Crippen molar-refractivity contribution < 1.29 is 61.8 Å². The number of methoxy groups -OCH3 is 1. The lowest BCUT2D eigenvalue weighted by molar-refractivity contribution is -0.971. The number of benzene rings is 9. The standard InChI is InChI=1S/C75H72Cl3N5O12/c1-49(2)92-66-37-31-59(41-63(66)76)71(84)79-81(44-52-26-34-62(35-27-52)90-47-54-18-12-9-13-19-54)74(87)80(7)95-75(88)83(45-53-24-29-58(30-25-53)57-22-16-11-17-23-57,46-56-28-36-69(70(40-56)89-8)91-48-55-20-14-10-15-21-55)82(72(85)60-32-38-67(64(77)42-60)93-50(3)4)73(86)61-33-39-68(65(78)43-61)94-51(5)6/h9-43,49-51H,44-48H2,1-8H3/p+1. The van der Waals surface area contributed by atoms with Crippen LogP contribution in [0.15, 0.2) is 212 Å². The molecule has 6 amide bonds. The molecule has 1 unspecified atom stereocenters. The van der Waals surface area contributed by atoms with Gasteiger partial charge in [-0.2, -0.15) is 4.79 Å². The smallest absolute Gasteiger partial charge is 0.493 e. The first kappa shape index (κ1) is 69.3. The van der Waals surface area contributed by atoms with E-state index >= 15 is 19.2 Å². The van der Waals surface area contributed by atoms with Gasteiger partial charge in [-0.3, -0.25) is 24.6 Å². The largest absolute Gasteiger partial charge is 0.567 e. The average molecular weight is 1340 g/mol. The Bertz CT molecular complexity index is 4060. The SMILES string of the molecule is COc1cc(C[N+](Cc2ccc(-c3ccccc3)cc2)(C(=O)ON(C)C(=O)N(Cc2ccc(OCc3ccccc3)cc2)NC(=O)c2ccc(OC(C)C)c(Cl)c2)N(C(=O)c2ccc(OC(C)C)c(Cl)c2)C(=O)c2ccc(OC(C)C)c(Cl)c2)ccc1OCc1ccccc1. The fourth-order valence-electron chi connectivity index (χ4n) is 10.1. The van der Waals surface area contributed by atoms with Crippen LogP contribution in [-0.2, 0) is 37.7 Å². The summed E-state index contributed by atoms with van der Waals surface area (Å²) in [5.74, 6) is -0.940. The average Bonchev–Trinajstić information content (AvgIpc) is 0.747. The molecule has 0 saturated heterocycles. The van der Waals surface area contributed by atoms with E-state index in [1.54, 1.807) is 54.6 Å². The summed E-state index contributed by atoms with van der Waals surface area (Å²) in [6, 6.07) is 59.6. The monoisotopic (exact) mass is 1340 g/mol. The Morgan fingerprint density at radius 3 is 1.38 bits per heavy atom. The van der Waals surface area contributed by atoms with Gasteiger partial charge in [0, 0.05) is 27.8 Å². The summed E-state index contributed by atoms with van der Waals surface area (Å²) < 4.78 is 34.7. The molecule has 1 atom stereocenters. The highest BCUT2D eigenvalue weighted by Gasteiger charge is 2.54. The number of urea groups is 1. The van der Waals surface area contributed by atoms with Crippen molar-refractivity contribution in [3.8, 4) is 45.6 Å². The molecule has 0 aliphatic rings. The number of hydrogen-bond donors (Lipinski definition) is 1. The van der Waals surface area contributed by atoms with Gasteiger partial charge in [-0.1, -0.05) is 167 Å². The minimum Gasteiger partial charge on any atom is -0.493 e. The third-order valence-corrected chi connectivity index (χ3v) is 15.5. The number of halogens is 3. The maximum atomic E-state index is 16.6. The van der Waals surface area contributed by atoms with Gasteiger partial charge in [0.2, 0.25) is 0 Å². The molecule has 0 bridgehead atoms. The number of nitrogens with one attached hydrogen (secondary N) is 1. The van der Waals surface area contributed by atoms with Gasteiger partial charge in [0.15, 0.2) is 11.5 Å². The van der Waals surface area contributed by atoms with Gasteiger partial charge in [-0.15, -0.1) is 9.66 Å². The Hall–Kier alpha value is -10.0. The molecule has 9 aromatic carbocycles. The topological polar surface area (TPSA) is 172 Å². The molecular formula is C75H73Cl3N5O12+. The Morgan fingerprint density at radius 2 is 0.884 bits per heavy atom. The van der Waals surface area contributed by atoms with Crippen molar-refractivity contribution in [3.05, 3.63) is 272 Å². The minimum atomic E-state index is -1.38. The normalized spacial score (nSPS) is 11.7. The highest BCUT2D eigenvalue weighted by atomic mass is 35.5. The number of rotatable bonds is 23. The summed E-state index contributed by atoms with van der Waals surface area (Å²) >= 11 is 20.5. The van der Waals surface area contributed by atoms with Crippen LogP contribution < -0.4 is 33.8 Å². The zero-order chi connectivity index (χ0) is 67.8. The number of carbonyl (C=O) groups excluding carboxylic acids is 5. The first-order valence-corrected chi connectivity index (χ1v) is 31.8. The highest BCUT2D eigenvalue weighted by molar-refractivity contribution is 6.33. The third-order valence-electron chi connectivity index (χ3n) is 14.6. The van der Waals surface area contributed by atoms with Crippen molar-refractivity contribution >= 4 is 64.6 Å². The van der Waals surface area contributed by atoms with Crippen LogP contribution in [0, 0.1) is 0 Å². The number of hydroxylamine groups is 2. The van der Waals surface area contributed by atoms with Crippen LogP contribution in [-0.4, -0.2) is 82.0 Å². The molecule has 0 spiro atoms. The van der Waals surface area contributed by atoms with E-state index in [4.69, 9.17) is 68.1 Å². The van der Waals surface area contributed by atoms with Crippen molar-refractivity contribution in [2.45, 2.75) is 92.7 Å². The predicted octanol–water partition coefficient (Wildman–Crippen LogP) is 17.2. The lowest BCUT2D eigenvalue weighted by Crippen LogP contribution is -2.67. The fraction of sp³-hybridized carbons (Fsp3) is 0.213. The summed E-state index contributed by atoms with van der Waals surface area (Å²) in [7, 11) is 2.62. The summed E-state index contributed by atoms with van der Waals surface area (Å²) in [4.78, 5) is 85.4. The molecule has 1 N–H and O–H groups in total. The zero-order valence-corrected chi connectivity index (χ0v) is 56.1. The van der Waals surface area contributed by atoms with E-state index in [1.807, 2.05) is 145 Å². The van der Waals surface area contributed by atoms with Gasteiger partial charge < -0.3 is 28.4 Å². The van der Waals surface area contributed by atoms with Gasteiger partial charge in [-0.25, -0.2) is 9.80 Å². The molecule has 9 rings (SSSR count). The molecule has 0 heterocycles.